The number of para-hydroxylation sites is 2. The van der Waals surface area contributed by atoms with Crippen molar-refractivity contribution in [1.29, 1.82) is 0 Å². The average molecular weight is 618 g/mol. The number of fused-ring (bicyclic) bond motifs is 7. The van der Waals surface area contributed by atoms with Crippen LogP contribution < -0.4 is 0 Å². The number of likely N-dealkylation sites (tertiary alicyclic amines) is 2. The smallest absolute Gasteiger partial charge is 0.170 e. The number of likely N-dealkylation sites (N-methyl/N-ethyl adjacent to an activating group) is 2. The third-order valence-electron chi connectivity index (χ3n) is 9.93. The van der Waals surface area contributed by atoms with Gasteiger partial charge in [0.1, 0.15) is 5.54 Å². The maximum Gasteiger partial charge on any atom is 0.170 e. The lowest BCUT2D eigenvalue weighted by atomic mass is 9.55. The predicted octanol–water partition coefficient (Wildman–Crippen LogP) is 7.47. The molecule has 1 aliphatic carbocycles. The van der Waals surface area contributed by atoms with E-state index in [1.807, 2.05) is 78.9 Å². The van der Waals surface area contributed by atoms with Gasteiger partial charge in [-0.1, -0.05) is 96.0 Å². The molecule has 3 heterocycles. The molecule has 44 heavy (non-hydrogen) atoms. The van der Waals surface area contributed by atoms with E-state index in [0.29, 0.717) is 29.7 Å². The first-order valence-electron chi connectivity index (χ1n) is 14.9. The van der Waals surface area contributed by atoms with Crippen LogP contribution in [0.15, 0.2) is 103 Å². The van der Waals surface area contributed by atoms with Gasteiger partial charge in [0.2, 0.25) is 0 Å². The molecule has 0 bridgehead atoms. The number of carbonyl (C=O) groups is 1. The number of rotatable bonds is 2. The molecular formula is C37H30Cl2N4O. The molecule has 4 aromatic carbocycles. The Bertz CT molecular complexity index is 2020. The van der Waals surface area contributed by atoms with Crippen LogP contribution >= 0.6 is 23.2 Å². The topological polar surface area (TPSA) is 49.3 Å². The molecule has 2 aliphatic heterocycles. The summed E-state index contributed by atoms with van der Waals surface area (Å²) < 4.78 is 0. The number of carbonyl (C=O) groups excluding carboxylic acids is 1. The van der Waals surface area contributed by atoms with Crippen molar-refractivity contribution in [2.24, 2.45) is 5.41 Å². The van der Waals surface area contributed by atoms with E-state index in [9.17, 15) is 0 Å². The van der Waals surface area contributed by atoms with Crippen LogP contribution in [0, 0.1) is 5.41 Å². The molecule has 0 amide bonds. The van der Waals surface area contributed by atoms with E-state index in [1.165, 1.54) is 0 Å². The van der Waals surface area contributed by atoms with Crippen LogP contribution in [0.1, 0.15) is 28.3 Å². The van der Waals surface area contributed by atoms with Crippen molar-refractivity contribution in [3.05, 3.63) is 135 Å². The molecule has 218 valence electrons. The van der Waals surface area contributed by atoms with E-state index in [2.05, 4.69) is 48.2 Å². The molecule has 7 heteroatoms. The molecule has 2 saturated heterocycles. The molecule has 0 saturated carbocycles. The fraction of sp³-hybridized carbons (Fsp3) is 0.216. The van der Waals surface area contributed by atoms with Crippen molar-refractivity contribution >= 4 is 46.1 Å². The largest absolute Gasteiger partial charge is 0.301 e. The summed E-state index contributed by atoms with van der Waals surface area (Å²) in [6, 6.07) is 32.0. The molecule has 0 radical (unpaired) electrons. The number of hydrogen-bond acceptors (Lipinski definition) is 5. The third kappa shape index (κ3) is 3.64. The Morgan fingerprint density at radius 1 is 0.818 bits per heavy atom. The number of benzene rings is 4. The van der Waals surface area contributed by atoms with Gasteiger partial charge in [0.15, 0.2) is 5.78 Å². The number of aromatic nitrogens is 2. The van der Waals surface area contributed by atoms with Crippen LogP contribution in [0.25, 0.3) is 28.4 Å². The highest BCUT2D eigenvalue weighted by molar-refractivity contribution is 6.32. The molecule has 8 rings (SSSR count). The van der Waals surface area contributed by atoms with Gasteiger partial charge in [0.25, 0.3) is 0 Å². The molecule has 3 aliphatic rings. The lowest BCUT2D eigenvalue weighted by Crippen LogP contribution is -2.62. The normalized spacial score (nSPS) is 25.8. The van der Waals surface area contributed by atoms with Crippen LogP contribution in [-0.4, -0.2) is 59.3 Å². The SMILES string of the molecule is CN1C/C(=C\c2ccccc2Cl)C(=O)[C@@]2(C1)[C@H](c1ccccc1Cl)CN(C)[C@@]21c2ccccc2-c2nc3ccccc3nc21. The Morgan fingerprint density at radius 3 is 2.25 bits per heavy atom. The summed E-state index contributed by atoms with van der Waals surface area (Å²) in [5, 5.41) is 1.28. The maximum absolute atomic E-state index is 15.6. The first-order chi connectivity index (χ1) is 21.4. The maximum atomic E-state index is 15.6. The molecule has 5 aromatic rings. The van der Waals surface area contributed by atoms with Crippen molar-refractivity contribution in [3.8, 4) is 11.3 Å². The second kappa shape index (κ2) is 10.1. The molecule has 2 fully saturated rings. The molecule has 0 N–H and O–H groups in total. The number of halogens is 2. The van der Waals surface area contributed by atoms with Gasteiger partial charge < -0.3 is 4.90 Å². The van der Waals surface area contributed by atoms with Gasteiger partial charge in [-0.15, -0.1) is 0 Å². The molecular weight excluding hydrogens is 587 g/mol. The zero-order chi connectivity index (χ0) is 30.2. The summed E-state index contributed by atoms with van der Waals surface area (Å²) in [6.45, 7) is 1.65. The predicted molar refractivity (Wildman–Crippen MR) is 177 cm³/mol. The summed E-state index contributed by atoms with van der Waals surface area (Å²) >= 11 is 13.6. The van der Waals surface area contributed by atoms with Crippen LogP contribution in [0.2, 0.25) is 10.0 Å². The third-order valence-corrected chi connectivity index (χ3v) is 10.6. The summed E-state index contributed by atoms with van der Waals surface area (Å²) in [5.41, 5.74) is 6.03. The highest BCUT2D eigenvalue weighted by Gasteiger charge is 2.73. The van der Waals surface area contributed by atoms with Gasteiger partial charge >= 0.3 is 0 Å². The Kier molecular flexibility index (Phi) is 6.34. The number of piperidine rings is 1. The Morgan fingerprint density at radius 2 is 1.48 bits per heavy atom. The van der Waals surface area contributed by atoms with E-state index < -0.39 is 11.0 Å². The molecule has 1 aromatic heterocycles. The molecule has 2 spiro atoms. The van der Waals surface area contributed by atoms with E-state index in [0.717, 1.165) is 50.2 Å². The summed E-state index contributed by atoms with van der Waals surface area (Å²) in [7, 11) is 4.22. The summed E-state index contributed by atoms with van der Waals surface area (Å²) in [6.07, 6.45) is 1.98. The first kappa shape index (κ1) is 27.7. The Balaban J connectivity index is 1.49. The minimum atomic E-state index is -0.981. The summed E-state index contributed by atoms with van der Waals surface area (Å²) in [4.78, 5) is 30.9. The standard InChI is InChI=1S/C37H30Cl2N4O/c1-42-20-24(19-23-11-3-7-15-29(23)38)35(44)36(22-42)28(25-12-5-8-16-30(25)39)21-43(2)37(36)27-14-6-4-13-26(27)33-34(37)41-32-18-10-9-17-31(32)40-33/h3-19,28H,20-22H2,1-2H3/b24-19+/t28-,36+,37+/m0/s1. The van der Waals surface area contributed by atoms with Gasteiger partial charge in [0.05, 0.1) is 27.8 Å². The van der Waals surface area contributed by atoms with Gasteiger partial charge in [-0.05, 0) is 61.1 Å². The second-order valence-electron chi connectivity index (χ2n) is 12.3. The van der Waals surface area contributed by atoms with E-state index in [4.69, 9.17) is 33.2 Å². The quantitative estimate of drug-likeness (QED) is 0.192. The van der Waals surface area contributed by atoms with E-state index in [-0.39, 0.29) is 11.7 Å². The zero-order valence-corrected chi connectivity index (χ0v) is 26.0. The lowest BCUT2D eigenvalue weighted by molar-refractivity contribution is -0.134. The van der Waals surface area contributed by atoms with Crippen molar-refractivity contribution in [2.45, 2.75) is 11.5 Å². The van der Waals surface area contributed by atoms with E-state index in [1.54, 1.807) is 0 Å². The van der Waals surface area contributed by atoms with Crippen molar-refractivity contribution < 1.29 is 4.79 Å². The van der Waals surface area contributed by atoms with Gasteiger partial charge in [0, 0.05) is 46.7 Å². The molecule has 3 atom stereocenters. The highest BCUT2D eigenvalue weighted by atomic mass is 35.5. The van der Waals surface area contributed by atoms with E-state index >= 15 is 4.79 Å². The molecule has 5 nitrogen and oxygen atoms in total. The van der Waals surface area contributed by atoms with Crippen LogP contribution in [-0.2, 0) is 10.3 Å². The van der Waals surface area contributed by atoms with Gasteiger partial charge in [-0.2, -0.15) is 0 Å². The first-order valence-corrected chi connectivity index (χ1v) is 15.6. The fourth-order valence-corrected chi connectivity index (χ4v) is 8.79. The Labute approximate surface area is 266 Å². The molecule has 0 unspecified atom stereocenters. The fourth-order valence-electron chi connectivity index (χ4n) is 8.33. The average Bonchev–Trinajstić information content (AvgIpc) is 3.46. The van der Waals surface area contributed by atoms with Crippen molar-refractivity contribution in [1.82, 2.24) is 19.8 Å². The minimum Gasteiger partial charge on any atom is -0.301 e. The number of hydrogen-bond donors (Lipinski definition) is 0. The number of Topliss-reactive ketones (excluding diaryl/α,β-unsaturated/α-hetero) is 1. The van der Waals surface area contributed by atoms with Crippen LogP contribution in [0.5, 0.6) is 0 Å². The van der Waals surface area contributed by atoms with Gasteiger partial charge in [-0.3, -0.25) is 9.69 Å². The zero-order valence-electron chi connectivity index (χ0n) is 24.5. The highest BCUT2D eigenvalue weighted by Crippen LogP contribution is 2.68. The monoisotopic (exact) mass is 616 g/mol. The number of ketones is 1. The Hall–Kier alpha value is -3.87. The lowest BCUT2D eigenvalue weighted by Gasteiger charge is -2.52. The minimum absolute atomic E-state index is 0.0994. The van der Waals surface area contributed by atoms with Crippen LogP contribution in [0.3, 0.4) is 0 Å². The van der Waals surface area contributed by atoms with Gasteiger partial charge in [-0.25, -0.2) is 9.97 Å². The van der Waals surface area contributed by atoms with Crippen LogP contribution in [0.4, 0.5) is 0 Å². The number of nitrogens with zero attached hydrogens (tertiary/aromatic N) is 4. The second-order valence-corrected chi connectivity index (χ2v) is 13.1. The van der Waals surface area contributed by atoms with Crippen molar-refractivity contribution in [3.63, 3.8) is 0 Å². The summed E-state index contributed by atoms with van der Waals surface area (Å²) in [5.74, 6) is -0.124. The van der Waals surface area contributed by atoms with Crippen molar-refractivity contribution in [2.75, 3.05) is 33.7 Å².